The van der Waals surface area contributed by atoms with Crippen LogP contribution in [0.15, 0.2) is 12.1 Å². The monoisotopic (exact) mass is 189 g/mol. The normalized spacial score (nSPS) is 18.3. The summed E-state index contributed by atoms with van der Waals surface area (Å²) in [6, 6.07) is 4.63. The summed E-state index contributed by atoms with van der Waals surface area (Å²) in [4.78, 5) is 0. The predicted octanol–water partition coefficient (Wildman–Crippen LogP) is 2.60. The molecule has 2 N–H and O–H groups in total. The molecular formula is C13H19N. The van der Waals surface area contributed by atoms with E-state index in [4.69, 9.17) is 5.73 Å². The molecule has 0 radical (unpaired) electrons. The van der Waals surface area contributed by atoms with Gasteiger partial charge < -0.3 is 5.73 Å². The van der Waals surface area contributed by atoms with Crippen LogP contribution in [0.3, 0.4) is 0 Å². The lowest BCUT2D eigenvalue weighted by Gasteiger charge is -2.17. The molecule has 1 aliphatic carbocycles. The van der Waals surface area contributed by atoms with Crippen LogP contribution in [0.25, 0.3) is 0 Å². The molecule has 0 bridgehead atoms. The highest BCUT2D eigenvalue weighted by Gasteiger charge is 2.43. The Bertz CT molecular complexity index is 362. The maximum atomic E-state index is 5.86. The lowest BCUT2D eigenvalue weighted by molar-refractivity contribution is 0.698. The molecule has 0 spiro atoms. The summed E-state index contributed by atoms with van der Waals surface area (Å²) >= 11 is 0. The molecule has 1 aromatic carbocycles. The molecule has 0 unspecified atom stereocenters. The van der Waals surface area contributed by atoms with E-state index in [2.05, 4.69) is 32.9 Å². The van der Waals surface area contributed by atoms with E-state index in [0.717, 1.165) is 6.54 Å². The number of benzene rings is 1. The van der Waals surface area contributed by atoms with E-state index in [0.29, 0.717) is 5.41 Å². The first-order valence-corrected chi connectivity index (χ1v) is 5.37. The van der Waals surface area contributed by atoms with Gasteiger partial charge in [-0.1, -0.05) is 12.1 Å². The van der Waals surface area contributed by atoms with Crippen molar-refractivity contribution < 1.29 is 0 Å². The SMILES string of the molecule is Cc1cc(C)c(C2(CN)CC2)cc1C. The number of aryl methyl sites for hydroxylation is 3. The van der Waals surface area contributed by atoms with Gasteiger partial charge in [-0.25, -0.2) is 0 Å². The van der Waals surface area contributed by atoms with Crippen LogP contribution in [0, 0.1) is 20.8 Å². The Kier molecular flexibility index (Phi) is 2.15. The highest BCUT2D eigenvalue weighted by atomic mass is 14.7. The first-order valence-electron chi connectivity index (χ1n) is 5.37. The standard InChI is InChI=1S/C13H19N/c1-9-6-11(3)12(7-10(9)2)13(8-14)4-5-13/h6-7H,4-5,8,14H2,1-3H3. The van der Waals surface area contributed by atoms with Crippen molar-refractivity contribution in [2.45, 2.75) is 39.0 Å². The van der Waals surface area contributed by atoms with E-state index in [9.17, 15) is 0 Å². The zero-order chi connectivity index (χ0) is 10.3. The topological polar surface area (TPSA) is 26.0 Å². The Morgan fingerprint density at radius 1 is 1.07 bits per heavy atom. The molecule has 1 aliphatic rings. The van der Waals surface area contributed by atoms with Crippen LogP contribution in [-0.4, -0.2) is 6.54 Å². The second kappa shape index (κ2) is 3.09. The average molecular weight is 189 g/mol. The fourth-order valence-corrected chi connectivity index (χ4v) is 2.27. The van der Waals surface area contributed by atoms with Crippen molar-refractivity contribution >= 4 is 0 Å². The Hall–Kier alpha value is -0.820. The lowest BCUT2D eigenvalue weighted by atomic mass is 9.89. The predicted molar refractivity (Wildman–Crippen MR) is 60.6 cm³/mol. The average Bonchev–Trinajstić information content (AvgIpc) is 2.92. The van der Waals surface area contributed by atoms with Crippen LogP contribution in [0.1, 0.15) is 35.1 Å². The van der Waals surface area contributed by atoms with E-state index in [1.54, 1.807) is 0 Å². The molecule has 0 amide bonds. The maximum absolute atomic E-state index is 5.86. The minimum Gasteiger partial charge on any atom is -0.330 e. The van der Waals surface area contributed by atoms with Crippen molar-refractivity contribution in [1.82, 2.24) is 0 Å². The van der Waals surface area contributed by atoms with E-state index in [-0.39, 0.29) is 0 Å². The van der Waals surface area contributed by atoms with E-state index >= 15 is 0 Å². The summed E-state index contributed by atoms with van der Waals surface area (Å²) in [6.45, 7) is 7.37. The van der Waals surface area contributed by atoms with Crippen molar-refractivity contribution in [3.8, 4) is 0 Å². The number of rotatable bonds is 2. The van der Waals surface area contributed by atoms with Gasteiger partial charge in [-0.05, 0) is 55.9 Å². The fraction of sp³-hybridized carbons (Fsp3) is 0.538. The van der Waals surface area contributed by atoms with Crippen LogP contribution >= 0.6 is 0 Å². The second-order valence-electron chi connectivity index (χ2n) is 4.74. The van der Waals surface area contributed by atoms with Crippen LogP contribution in [0.2, 0.25) is 0 Å². The molecular weight excluding hydrogens is 170 g/mol. The Morgan fingerprint density at radius 2 is 1.64 bits per heavy atom. The number of nitrogens with two attached hydrogens (primary N) is 1. The highest BCUT2D eigenvalue weighted by Crippen LogP contribution is 2.48. The van der Waals surface area contributed by atoms with Gasteiger partial charge in [0.05, 0.1) is 0 Å². The van der Waals surface area contributed by atoms with Gasteiger partial charge in [0.25, 0.3) is 0 Å². The summed E-state index contributed by atoms with van der Waals surface area (Å²) in [7, 11) is 0. The first kappa shape index (κ1) is 9.72. The van der Waals surface area contributed by atoms with Crippen molar-refractivity contribution in [2.75, 3.05) is 6.54 Å². The largest absolute Gasteiger partial charge is 0.330 e. The molecule has 14 heavy (non-hydrogen) atoms. The summed E-state index contributed by atoms with van der Waals surface area (Å²) in [5, 5.41) is 0. The zero-order valence-electron chi connectivity index (χ0n) is 9.35. The number of hydrogen-bond acceptors (Lipinski definition) is 1. The van der Waals surface area contributed by atoms with Crippen LogP contribution in [0.5, 0.6) is 0 Å². The third-order valence-electron chi connectivity index (χ3n) is 3.66. The smallest absolute Gasteiger partial charge is 0.00789 e. The van der Waals surface area contributed by atoms with E-state index in [1.807, 2.05) is 0 Å². The van der Waals surface area contributed by atoms with Gasteiger partial charge in [-0.2, -0.15) is 0 Å². The molecule has 0 aromatic heterocycles. The van der Waals surface area contributed by atoms with Crippen molar-refractivity contribution in [3.05, 3.63) is 34.4 Å². The zero-order valence-corrected chi connectivity index (χ0v) is 9.35. The molecule has 1 nitrogen and oxygen atoms in total. The van der Waals surface area contributed by atoms with Gasteiger partial charge in [0, 0.05) is 12.0 Å². The van der Waals surface area contributed by atoms with Gasteiger partial charge in [0.15, 0.2) is 0 Å². The minimum atomic E-state index is 0.336. The molecule has 1 fully saturated rings. The molecule has 0 atom stereocenters. The Morgan fingerprint density at radius 3 is 2.14 bits per heavy atom. The van der Waals surface area contributed by atoms with Gasteiger partial charge in [-0.3, -0.25) is 0 Å². The third-order valence-corrected chi connectivity index (χ3v) is 3.66. The highest BCUT2D eigenvalue weighted by molar-refractivity contribution is 5.44. The summed E-state index contributed by atoms with van der Waals surface area (Å²) < 4.78 is 0. The molecule has 1 saturated carbocycles. The lowest BCUT2D eigenvalue weighted by Crippen LogP contribution is -2.21. The Labute approximate surface area is 86.3 Å². The van der Waals surface area contributed by atoms with Gasteiger partial charge in [0.1, 0.15) is 0 Å². The van der Waals surface area contributed by atoms with Crippen LogP contribution in [-0.2, 0) is 5.41 Å². The number of hydrogen-bond donors (Lipinski definition) is 1. The first-order chi connectivity index (χ1) is 6.59. The van der Waals surface area contributed by atoms with Crippen LogP contribution < -0.4 is 5.73 Å². The molecule has 2 rings (SSSR count). The van der Waals surface area contributed by atoms with Crippen LogP contribution in [0.4, 0.5) is 0 Å². The van der Waals surface area contributed by atoms with E-state index in [1.165, 1.54) is 35.1 Å². The summed E-state index contributed by atoms with van der Waals surface area (Å²) in [5.74, 6) is 0. The minimum absolute atomic E-state index is 0.336. The van der Waals surface area contributed by atoms with Gasteiger partial charge in [-0.15, -0.1) is 0 Å². The van der Waals surface area contributed by atoms with Crippen molar-refractivity contribution in [3.63, 3.8) is 0 Å². The molecule has 0 saturated heterocycles. The summed E-state index contributed by atoms with van der Waals surface area (Å²) in [6.07, 6.45) is 2.54. The molecule has 0 aliphatic heterocycles. The van der Waals surface area contributed by atoms with Crippen molar-refractivity contribution in [1.29, 1.82) is 0 Å². The Balaban J connectivity index is 2.49. The third kappa shape index (κ3) is 1.36. The second-order valence-corrected chi connectivity index (χ2v) is 4.74. The quantitative estimate of drug-likeness (QED) is 0.760. The molecule has 1 aromatic rings. The van der Waals surface area contributed by atoms with Gasteiger partial charge >= 0.3 is 0 Å². The molecule has 1 heteroatoms. The fourth-order valence-electron chi connectivity index (χ4n) is 2.27. The van der Waals surface area contributed by atoms with E-state index < -0.39 is 0 Å². The summed E-state index contributed by atoms with van der Waals surface area (Å²) in [5.41, 5.74) is 11.9. The molecule has 76 valence electrons. The van der Waals surface area contributed by atoms with Gasteiger partial charge in [0.2, 0.25) is 0 Å². The maximum Gasteiger partial charge on any atom is 0.00789 e. The molecule has 0 heterocycles. The van der Waals surface area contributed by atoms with Crippen molar-refractivity contribution in [2.24, 2.45) is 5.73 Å².